The molecule has 0 radical (unpaired) electrons. The Hall–Kier alpha value is -2.30. The van der Waals surface area contributed by atoms with Crippen LogP contribution in [-0.4, -0.2) is 35.9 Å². The van der Waals surface area contributed by atoms with Gasteiger partial charge in [0.15, 0.2) is 0 Å². The van der Waals surface area contributed by atoms with Crippen LogP contribution in [0.1, 0.15) is 6.92 Å². The quantitative estimate of drug-likeness (QED) is 0.822. The van der Waals surface area contributed by atoms with E-state index in [-0.39, 0.29) is 11.9 Å². The molecule has 0 fully saturated rings. The molecule has 0 aliphatic rings. The largest absolute Gasteiger partial charge is 0.397 e. The fourth-order valence-corrected chi connectivity index (χ4v) is 2.00. The predicted molar refractivity (Wildman–Crippen MR) is 77.9 cm³/mol. The van der Waals surface area contributed by atoms with Crippen molar-refractivity contribution >= 4 is 28.2 Å². The third-order valence-corrected chi connectivity index (χ3v) is 2.98. The molecule has 0 aliphatic heterocycles. The SMILES string of the molecule is CC(Nc1ccc(N)c2ncccc12)C(=O)N(C)C. The molecule has 1 aromatic carbocycles. The van der Waals surface area contributed by atoms with E-state index in [9.17, 15) is 4.79 Å². The van der Waals surface area contributed by atoms with Gasteiger partial charge in [0.2, 0.25) is 5.91 Å². The zero-order chi connectivity index (χ0) is 14.0. The number of fused-ring (bicyclic) bond motifs is 1. The van der Waals surface area contributed by atoms with Gasteiger partial charge < -0.3 is 16.0 Å². The maximum atomic E-state index is 11.9. The highest BCUT2D eigenvalue weighted by atomic mass is 16.2. The first-order valence-electron chi connectivity index (χ1n) is 6.11. The van der Waals surface area contributed by atoms with Crippen LogP contribution in [0.3, 0.4) is 0 Å². The van der Waals surface area contributed by atoms with Crippen molar-refractivity contribution in [3.05, 3.63) is 30.5 Å². The molecular formula is C14H18N4O. The Balaban J connectivity index is 2.36. The molecule has 19 heavy (non-hydrogen) atoms. The first kappa shape index (κ1) is 13.1. The van der Waals surface area contributed by atoms with Gasteiger partial charge >= 0.3 is 0 Å². The maximum absolute atomic E-state index is 11.9. The van der Waals surface area contributed by atoms with E-state index >= 15 is 0 Å². The molecule has 2 rings (SSSR count). The number of nitrogens with two attached hydrogens (primary N) is 1. The molecule has 5 heteroatoms. The number of rotatable bonds is 3. The third kappa shape index (κ3) is 2.59. The first-order chi connectivity index (χ1) is 9.00. The lowest BCUT2D eigenvalue weighted by Gasteiger charge is -2.20. The molecule has 2 aromatic rings. The van der Waals surface area contributed by atoms with E-state index in [4.69, 9.17) is 5.73 Å². The van der Waals surface area contributed by atoms with Gasteiger partial charge in [-0.05, 0) is 31.2 Å². The number of hydrogen-bond acceptors (Lipinski definition) is 4. The van der Waals surface area contributed by atoms with Crippen molar-refractivity contribution in [3.8, 4) is 0 Å². The number of benzene rings is 1. The van der Waals surface area contributed by atoms with Crippen LogP contribution in [-0.2, 0) is 4.79 Å². The van der Waals surface area contributed by atoms with Gasteiger partial charge in [-0.2, -0.15) is 0 Å². The fourth-order valence-electron chi connectivity index (χ4n) is 2.00. The van der Waals surface area contributed by atoms with Crippen molar-refractivity contribution in [1.82, 2.24) is 9.88 Å². The van der Waals surface area contributed by atoms with Crippen LogP contribution >= 0.6 is 0 Å². The van der Waals surface area contributed by atoms with Crippen LogP contribution in [0, 0.1) is 0 Å². The van der Waals surface area contributed by atoms with Crippen molar-refractivity contribution in [2.24, 2.45) is 0 Å². The number of likely N-dealkylation sites (N-methyl/N-ethyl adjacent to an activating group) is 1. The molecule has 0 aliphatic carbocycles. The summed E-state index contributed by atoms with van der Waals surface area (Å²) in [6, 6.07) is 7.16. The van der Waals surface area contributed by atoms with Crippen LogP contribution in [0.4, 0.5) is 11.4 Å². The minimum absolute atomic E-state index is 0.0221. The zero-order valence-electron chi connectivity index (χ0n) is 11.3. The van der Waals surface area contributed by atoms with Crippen LogP contribution in [0.5, 0.6) is 0 Å². The molecule has 1 unspecified atom stereocenters. The second kappa shape index (κ2) is 5.14. The van der Waals surface area contributed by atoms with Crippen molar-refractivity contribution in [1.29, 1.82) is 0 Å². The van der Waals surface area contributed by atoms with E-state index in [2.05, 4.69) is 10.3 Å². The Morgan fingerprint density at radius 2 is 2.11 bits per heavy atom. The van der Waals surface area contributed by atoms with Crippen LogP contribution in [0.15, 0.2) is 30.5 Å². The molecular weight excluding hydrogens is 240 g/mol. The Labute approximate surface area is 112 Å². The van der Waals surface area contributed by atoms with E-state index in [1.165, 1.54) is 0 Å². The molecule has 1 heterocycles. The summed E-state index contributed by atoms with van der Waals surface area (Å²) >= 11 is 0. The van der Waals surface area contributed by atoms with E-state index < -0.39 is 0 Å². The summed E-state index contributed by atoms with van der Waals surface area (Å²) in [5.74, 6) is 0.0221. The van der Waals surface area contributed by atoms with E-state index in [1.807, 2.05) is 25.1 Å². The minimum Gasteiger partial charge on any atom is -0.397 e. The molecule has 1 atom stereocenters. The van der Waals surface area contributed by atoms with Gasteiger partial charge in [0.25, 0.3) is 0 Å². The van der Waals surface area contributed by atoms with E-state index in [0.29, 0.717) is 5.69 Å². The number of aromatic nitrogens is 1. The number of carbonyl (C=O) groups excluding carboxylic acids is 1. The van der Waals surface area contributed by atoms with Crippen molar-refractivity contribution in [3.63, 3.8) is 0 Å². The molecule has 5 nitrogen and oxygen atoms in total. The lowest BCUT2D eigenvalue weighted by Crippen LogP contribution is -2.36. The standard InChI is InChI=1S/C14H18N4O/c1-9(14(19)18(2)3)17-12-7-6-11(15)13-10(12)5-4-8-16-13/h4-9,17H,15H2,1-3H3. The summed E-state index contributed by atoms with van der Waals surface area (Å²) in [4.78, 5) is 17.7. The van der Waals surface area contributed by atoms with Crippen molar-refractivity contribution in [2.75, 3.05) is 25.1 Å². The lowest BCUT2D eigenvalue weighted by molar-refractivity contribution is -0.129. The molecule has 0 spiro atoms. The average Bonchev–Trinajstić information content (AvgIpc) is 2.41. The summed E-state index contributed by atoms with van der Waals surface area (Å²) < 4.78 is 0. The summed E-state index contributed by atoms with van der Waals surface area (Å²) in [5.41, 5.74) is 8.14. The Morgan fingerprint density at radius 3 is 2.79 bits per heavy atom. The Bertz CT molecular complexity index is 609. The molecule has 0 saturated heterocycles. The molecule has 0 bridgehead atoms. The molecule has 0 saturated carbocycles. The number of pyridine rings is 1. The highest BCUT2D eigenvalue weighted by molar-refractivity contribution is 5.99. The highest BCUT2D eigenvalue weighted by Crippen LogP contribution is 2.26. The number of nitrogen functional groups attached to an aromatic ring is 1. The predicted octanol–water partition coefficient (Wildman–Crippen LogP) is 1.71. The number of hydrogen-bond donors (Lipinski definition) is 2. The minimum atomic E-state index is -0.304. The van der Waals surface area contributed by atoms with Gasteiger partial charge in [-0.1, -0.05) is 0 Å². The molecule has 100 valence electrons. The third-order valence-electron chi connectivity index (χ3n) is 2.98. The van der Waals surface area contributed by atoms with E-state index in [0.717, 1.165) is 16.6 Å². The number of carbonyl (C=O) groups is 1. The average molecular weight is 258 g/mol. The number of anilines is 2. The smallest absolute Gasteiger partial charge is 0.244 e. The van der Waals surface area contributed by atoms with Crippen LogP contribution in [0.25, 0.3) is 10.9 Å². The topological polar surface area (TPSA) is 71.2 Å². The second-order valence-electron chi connectivity index (χ2n) is 4.70. The Kier molecular flexibility index (Phi) is 3.55. The highest BCUT2D eigenvalue weighted by Gasteiger charge is 2.15. The van der Waals surface area contributed by atoms with Crippen LogP contribution in [0.2, 0.25) is 0 Å². The normalized spacial score (nSPS) is 12.2. The lowest BCUT2D eigenvalue weighted by atomic mass is 10.1. The number of amides is 1. The molecule has 1 aromatic heterocycles. The van der Waals surface area contributed by atoms with Gasteiger partial charge in [0, 0.05) is 31.4 Å². The Morgan fingerprint density at radius 1 is 1.37 bits per heavy atom. The molecule has 1 amide bonds. The molecule has 3 N–H and O–H groups in total. The second-order valence-corrected chi connectivity index (χ2v) is 4.70. The van der Waals surface area contributed by atoms with Gasteiger partial charge in [-0.25, -0.2) is 0 Å². The summed E-state index contributed by atoms with van der Waals surface area (Å²) in [5, 5.41) is 4.12. The monoisotopic (exact) mass is 258 g/mol. The van der Waals surface area contributed by atoms with E-state index in [1.54, 1.807) is 31.3 Å². The number of nitrogens with zero attached hydrogens (tertiary/aromatic N) is 2. The van der Waals surface area contributed by atoms with Crippen molar-refractivity contribution < 1.29 is 4.79 Å². The van der Waals surface area contributed by atoms with Gasteiger partial charge in [-0.3, -0.25) is 9.78 Å². The van der Waals surface area contributed by atoms with Gasteiger partial charge in [-0.15, -0.1) is 0 Å². The zero-order valence-corrected chi connectivity index (χ0v) is 11.3. The maximum Gasteiger partial charge on any atom is 0.244 e. The summed E-state index contributed by atoms with van der Waals surface area (Å²) in [7, 11) is 3.48. The van der Waals surface area contributed by atoms with Crippen molar-refractivity contribution in [2.45, 2.75) is 13.0 Å². The fraction of sp³-hybridized carbons (Fsp3) is 0.286. The first-order valence-corrected chi connectivity index (χ1v) is 6.11. The van der Waals surface area contributed by atoms with Crippen LogP contribution < -0.4 is 11.1 Å². The van der Waals surface area contributed by atoms with Gasteiger partial charge in [0.1, 0.15) is 6.04 Å². The summed E-state index contributed by atoms with van der Waals surface area (Å²) in [6.45, 7) is 1.83. The summed E-state index contributed by atoms with van der Waals surface area (Å²) in [6.07, 6.45) is 1.71. The number of nitrogens with one attached hydrogen (secondary N) is 1. The van der Waals surface area contributed by atoms with Gasteiger partial charge in [0.05, 0.1) is 11.2 Å².